The van der Waals surface area contributed by atoms with E-state index in [2.05, 4.69) is 18.7 Å². The molecule has 3 nitrogen and oxygen atoms in total. The van der Waals surface area contributed by atoms with Crippen molar-refractivity contribution in [2.45, 2.75) is 45.6 Å². The van der Waals surface area contributed by atoms with Gasteiger partial charge in [-0.3, -0.25) is 9.69 Å². The smallest absolute Gasteiger partial charge is 0.304 e. The summed E-state index contributed by atoms with van der Waals surface area (Å²) in [5.74, 6) is 0.0290. The number of carboxylic acids is 1. The molecule has 0 aromatic carbocycles. The molecule has 0 radical (unpaired) electrons. The van der Waals surface area contributed by atoms with Gasteiger partial charge in [-0.15, -0.1) is 0 Å². The molecule has 0 aromatic heterocycles. The maximum Gasteiger partial charge on any atom is 0.304 e. The Kier molecular flexibility index (Phi) is 4.39. The van der Waals surface area contributed by atoms with Gasteiger partial charge in [-0.05, 0) is 31.7 Å². The summed E-state index contributed by atoms with van der Waals surface area (Å²) >= 11 is 0. The van der Waals surface area contributed by atoms with Crippen molar-refractivity contribution in [3.05, 3.63) is 0 Å². The first-order chi connectivity index (χ1) is 6.59. The summed E-state index contributed by atoms with van der Waals surface area (Å²) < 4.78 is 0. The second kappa shape index (κ2) is 5.35. The van der Waals surface area contributed by atoms with Gasteiger partial charge < -0.3 is 5.11 Å². The fourth-order valence-corrected chi connectivity index (χ4v) is 1.58. The Labute approximate surface area is 86.1 Å². The van der Waals surface area contributed by atoms with Crippen LogP contribution < -0.4 is 0 Å². The molecule has 0 atom stereocenters. The molecule has 1 fully saturated rings. The van der Waals surface area contributed by atoms with Gasteiger partial charge in [-0.1, -0.05) is 13.8 Å². The third-order valence-corrected chi connectivity index (χ3v) is 2.67. The van der Waals surface area contributed by atoms with Crippen LogP contribution in [0.15, 0.2) is 0 Å². The lowest BCUT2D eigenvalue weighted by molar-refractivity contribution is -0.137. The van der Waals surface area contributed by atoms with E-state index in [0.29, 0.717) is 12.0 Å². The van der Waals surface area contributed by atoms with Crippen LogP contribution in [0.25, 0.3) is 0 Å². The van der Waals surface area contributed by atoms with Crippen LogP contribution in [0, 0.1) is 5.92 Å². The molecule has 1 saturated carbocycles. The van der Waals surface area contributed by atoms with Crippen molar-refractivity contribution in [3.8, 4) is 0 Å². The summed E-state index contributed by atoms with van der Waals surface area (Å²) in [5, 5.41) is 8.62. The molecule has 0 spiro atoms. The van der Waals surface area contributed by atoms with Gasteiger partial charge in [0.1, 0.15) is 0 Å². The second-order valence-electron chi connectivity index (χ2n) is 4.59. The van der Waals surface area contributed by atoms with Crippen LogP contribution in [-0.4, -0.2) is 35.1 Å². The zero-order valence-corrected chi connectivity index (χ0v) is 9.20. The molecule has 82 valence electrons. The highest BCUT2D eigenvalue weighted by atomic mass is 16.4. The Bertz CT molecular complexity index is 188. The summed E-state index contributed by atoms with van der Waals surface area (Å²) in [4.78, 5) is 12.8. The van der Waals surface area contributed by atoms with Crippen molar-refractivity contribution >= 4 is 5.97 Å². The van der Waals surface area contributed by atoms with Gasteiger partial charge in [0, 0.05) is 12.6 Å². The first-order valence-corrected chi connectivity index (χ1v) is 5.55. The van der Waals surface area contributed by atoms with Gasteiger partial charge in [0.2, 0.25) is 0 Å². The van der Waals surface area contributed by atoms with Crippen molar-refractivity contribution in [2.75, 3.05) is 13.1 Å². The van der Waals surface area contributed by atoms with Crippen molar-refractivity contribution in [3.63, 3.8) is 0 Å². The van der Waals surface area contributed by atoms with Crippen LogP contribution in [0.5, 0.6) is 0 Å². The fourth-order valence-electron chi connectivity index (χ4n) is 1.58. The van der Waals surface area contributed by atoms with Crippen molar-refractivity contribution < 1.29 is 9.90 Å². The van der Waals surface area contributed by atoms with Crippen LogP contribution in [0.2, 0.25) is 0 Å². The van der Waals surface area contributed by atoms with Crippen molar-refractivity contribution in [1.82, 2.24) is 4.90 Å². The van der Waals surface area contributed by atoms with E-state index < -0.39 is 5.97 Å². The van der Waals surface area contributed by atoms with E-state index in [4.69, 9.17) is 5.11 Å². The van der Waals surface area contributed by atoms with Gasteiger partial charge in [0.05, 0.1) is 6.42 Å². The standard InChI is InChI=1S/C11H21NO2/c1-9(2)5-7-12(10-3-4-10)8-6-11(13)14/h9-10H,3-8H2,1-2H3,(H,13,14). The van der Waals surface area contributed by atoms with Gasteiger partial charge in [-0.2, -0.15) is 0 Å². The first-order valence-electron chi connectivity index (χ1n) is 5.55. The Hall–Kier alpha value is -0.570. The molecule has 1 N–H and O–H groups in total. The van der Waals surface area contributed by atoms with Gasteiger partial charge in [-0.25, -0.2) is 0 Å². The number of hydrogen-bond donors (Lipinski definition) is 1. The van der Waals surface area contributed by atoms with E-state index in [1.165, 1.54) is 19.3 Å². The second-order valence-corrected chi connectivity index (χ2v) is 4.59. The highest BCUT2D eigenvalue weighted by Crippen LogP contribution is 2.27. The molecular formula is C11H21NO2. The quantitative estimate of drug-likeness (QED) is 0.681. The topological polar surface area (TPSA) is 40.5 Å². The van der Waals surface area contributed by atoms with Crippen LogP contribution in [-0.2, 0) is 4.79 Å². The molecule has 0 bridgehead atoms. The van der Waals surface area contributed by atoms with E-state index in [9.17, 15) is 4.79 Å². The molecule has 14 heavy (non-hydrogen) atoms. The van der Waals surface area contributed by atoms with Gasteiger partial charge in [0.25, 0.3) is 0 Å². The summed E-state index contributed by atoms with van der Waals surface area (Å²) in [5.41, 5.74) is 0. The largest absolute Gasteiger partial charge is 0.481 e. The number of hydrogen-bond acceptors (Lipinski definition) is 2. The van der Waals surface area contributed by atoms with Crippen molar-refractivity contribution in [1.29, 1.82) is 0 Å². The SMILES string of the molecule is CC(C)CCN(CCC(=O)O)C1CC1. The molecule has 1 rings (SSSR count). The molecule has 1 aliphatic carbocycles. The van der Waals surface area contributed by atoms with E-state index in [0.717, 1.165) is 13.1 Å². The lowest BCUT2D eigenvalue weighted by Gasteiger charge is -2.21. The van der Waals surface area contributed by atoms with Crippen LogP contribution in [0.3, 0.4) is 0 Å². The van der Waals surface area contributed by atoms with E-state index in [-0.39, 0.29) is 6.42 Å². The minimum absolute atomic E-state index is 0.286. The molecule has 0 amide bonds. The summed E-state index contributed by atoms with van der Waals surface area (Å²) in [7, 11) is 0. The Morgan fingerprint density at radius 1 is 1.43 bits per heavy atom. The zero-order chi connectivity index (χ0) is 10.6. The third kappa shape index (κ3) is 4.61. The Morgan fingerprint density at radius 2 is 2.07 bits per heavy atom. The molecular weight excluding hydrogens is 178 g/mol. The highest BCUT2D eigenvalue weighted by Gasteiger charge is 2.28. The average Bonchev–Trinajstić information content (AvgIpc) is 2.86. The molecule has 0 aliphatic heterocycles. The molecule has 0 unspecified atom stereocenters. The lowest BCUT2D eigenvalue weighted by atomic mass is 10.1. The number of aliphatic carboxylic acids is 1. The zero-order valence-electron chi connectivity index (χ0n) is 9.20. The maximum atomic E-state index is 10.5. The first kappa shape index (κ1) is 11.5. The molecule has 0 heterocycles. The average molecular weight is 199 g/mol. The maximum absolute atomic E-state index is 10.5. The van der Waals surface area contributed by atoms with Crippen LogP contribution >= 0.6 is 0 Å². The van der Waals surface area contributed by atoms with Gasteiger partial charge >= 0.3 is 5.97 Å². The number of nitrogens with zero attached hydrogens (tertiary/aromatic N) is 1. The van der Waals surface area contributed by atoms with E-state index in [1.807, 2.05) is 0 Å². The molecule has 3 heteroatoms. The number of carbonyl (C=O) groups is 1. The summed E-state index contributed by atoms with van der Waals surface area (Å²) in [6, 6.07) is 0.688. The van der Waals surface area contributed by atoms with E-state index in [1.54, 1.807) is 0 Å². The number of rotatable bonds is 7. The monoisotopic (exact) mass is 199 g/mol. The minimum Gasteiger partial charge on any atom is -0.481 e. The highest BCUT2D eigenvalue weighted by molar-refractivity contribution is 5.66. The van der Waals surface area contributed by atoms with Crippen molar-refractivity contribution in [2.24, 2.45) is 5.92 Å². The summed E-state index contributed by atoms with van der Waals surface area (Å²) in [6.07, 6.45) is 3.99. The van der Waals surface area contributed by atoms with Crippen LogP contribution in [0.1, 0.15) is 39.5 Å². The predicted octanol–water partition coefficient (Wildman–Crippen LogP) is 1.97. The van der Waals surface area contributed by atoms with E-state index >= 15 is 0 Å². The van der Waals surface area contributed by atoms with Crippen LogP contribution in [0.4, 0.5) is 0 Å². The minimum atomic E-state index is -0.680. The summed E-state index contributed by atoms with van der Waals surface area (Å²) in [6.45, 7) is 6.22. The van der Waals surface area contributed by atoms with Gasteiger partial charge in [0.15, 0.2) is 0 Å². The Morgan fingerprint density at radius 3 is 2.50 bits per heavy atom. The predicted molar refractivity (Wildman–Crippen MR) is 56.3 cm³/mol. The normalized spacial score (nSPS) is 16.6. The molecule has 0 aromatic rings. The third-order valence-electron chi connectivity index (χ3n) is 2.67. The number of carboxylic acid groups (broad SMARTS) is 1. The fraction of sp³-hybridized carbons (Fsp3) is 0.909. The molecule has 0 saturated heterocycles. The lowest BCUT2D eigenvalue weighted by Crippen LogP contribution is -2.30. The Balaban J connectivity index is 2.20. The molecule has 1 aliphatic rings.